The predicted octanol–water partition coefficient (Wildman–Crippen LogP) is 1.24. The van der Waals surface area contributed by atoms with Crippen molar-refractivity contribution >= 4 is 0 Å². The summed E-state index contributed by atoms with van der Waals surface area (Å²) in [6.45, 7) is 1.24. The summed E-state index contributed by atoms with van der Waals surface area (Å²) in [7, 11) is 0. The molecule has 3 nitrogen and oxygen atoms in total. The number of rotatable bonds is 2. The van der Waals surface area contributed by atoms with Gasteiger partial charge in [-0.1, -0.05) is 24.0 Å². The van der Waals surface area contributed by atoms with Gasteiger partial charge in [-0.2, -0.15) is 0 Å². The second-order valence-corrected chi connectivity index (χ2v) is 3.44. The second-order valence-electron chi connectivity index (χ2n) is 3.44. The fraction of sp³-hybridized carbons (Fsp3) is 0.154. The molecule has 2 N–H and O–H groups in total. The molecule has 3 heteroatoms. The molecule has 0 radical (unpaired) electrons. The van der Waals surface area contributed by atoms with Crippen molar-refractivity contribution in [3.63, 3.8) is 0 Å². The molecule has 80 valence electrons. The number of nitrogens with zero attached hydrogens (tertiary/aromatic N) is 2. The molecule has 16 heavy (non-hydrogen) atoms. The maximum atomic E-state index is 5.31. The quantitative estimate of drug-likeness (QED) is 0.759. The Morgan fingerprint density at radius 3 is 2.69 bits per heavy atom. The molecule has 0 atom stereocenters. The fourth-order valence-electron chi connectivity index (χ4n) is 1.44. The fourth-order valence-corrected chi connectivity index (χ4v) is 1.44. The highest BCUT2D eigenvalue weighted by atomic mass is 15.0. The standard InChI is InChI=1S/C13H13N3/c14-7-1-2-12-3-5-13(6-4-12)10-16-9-8-15-11-16/h3-6,8-9,11H,7,10,14H2. The van der Waals surface area contributed by atoms with Crippen molar-refractivity contribution < 1.29 is 0 Å². The van der Waals surface area contributed by atoms with E-state index in [0.29, 0.717) is 6.54 Å². The molecule has 0 aliphatic rings. The minimum atomic E-state index is 0.400. The Kier molecular flexibility index (Phi) is 3.37. The molecule has 0 spiro atoms. The summed E-state index contributed by atoms with van der Waals surface area (Å²) in [5, 5.41) is 0. The number of benzene rings is 1. The molecule has 0 unspecified atom stereocenters. The normalized spacial score (nSPS) is 9.56. The topological polar surface area (TPSA) is 43.8 Å². The molecular weight excluding hydrogens is 198 g/mol. The SMILES string of the molecule is NCC#Cc1ccc(Cn2ccnc2)cc1. The van der Waals surface area contributed by atoms with E-state index in [1.54, 1.807) is 6.20 Å². The van der Waals surface area contributed by atoms with Crippen molar-refractivity contribution in [1.82, 2.24) is 9.55 Å². The van der Waals surface area contributed by atoms with E-state index in [1.165, 1.54) is 5.56 Å². The number of imidazole rings is 1. The Hall–Kier alpha value is -2.05. The Balaban J connectivity index is 2.07. The van der Waals surface area contributed by atoms with Crippen LogP contribution in [0.2, 0.25) is 0 Å². The minimum absolute atomic E-state index is 0.400. The molecule has 0 bridgehead atoms. The van der Waals surface area contributed by atoms with Gasteiger partial charge in [0, 0.05) is 24.5 Å². The third-order valence-electron chi connectivity index (χ3n) is 2.21. The Labute approximate surface area is 94.9 Å². The van der Waals surface area contributed by atoms with Gasteiger partial charge in [0.25, 0.3) is 0 Å². The molecule has 1 aromatic carbocycles. The first-order chi connectivity index (χ1) is 7.88. The Morgan fingerprint density at radius 2 is 2.06 bits per heavy atom. The van der Waals surface area contributed by atoms with E-state index in [-0.39, 0.29) is 0 Å². The van der Waals surface area contributed by atoms with Gasteiger partial charge in [0.05, 0.1) is 12.9 Å². The van der Waals surface area contributed by atoms with Crippen LogP contribution in [-0.4, -0.2) is 16.1 Å². The highest BCUT2D eigenvalue weighted by molar-refractivity contribution is 5.36. The van der Waals surface area contributed by atoms with Crippen LogP contribution >= 0.6 is 0 Å². The van der Waals surface area contributed by atoms with Crippen LogP contribution in [0.1, 0.15) is 11.1 Å². The second kappa shape index (κ2) is 5.15. The van der Waals surface area contributed by atoms with Crippen LogP contribution in [0.5, 0.6) is 0 Å². The van der Waals surface area contributed by atoms with E-state index in [1.807, 2.05) is 29.2 Å². The highest BCUT2D eigenvalue weighted by Gasteiger charge is 1.94. The number of hydrogen-bond acceptors (Lipinski definition) is 2. The molecule has 1 heterocycles. The molecule has 0 amide bonds. The Bertz CT molecular complexity index is 486. The smallest absolute Gasteiger partial charge is 0.0949 e. The summed E-state index contributed by atoms with van der Waals surface area (Å²) >= 11 is 0. The lowest BCUT2D eigenvalue weighted by Gasteiger charge is -2.02. The largest absolute Gasteiger partial charge is 0.333 e. The molecule has 0 aliphatic heterocycles. The zero-order chi connectivity index (χ0) is 11.2. The van der Waals surface area contributed by atoms with Crippen LogP contribution in [0.3, 0.4) is 0 Å². The summed E-state index contributed by atoms with van der Waals surface area (Å²) in [4.78, 5) is 4.00. The summed E-state index contributed by atoms with van der Waals surface area (Å²) < 4.78 is 2.03. The number of aromatic nitrogens is 2. The summed E-state index contributed by atoms with van der Waals surface area (Å²) in [5.41, 5.74) is 7.55. The Morgan fingerprint density at radius 1 is 1.25 bits per heavy atom. The molecule has 0 aliphatic carbocycles. The van der Waals surface area contributed by atoms with Gasteiger partial charge in [0.1, 0.15) is 0 Å². The van der Waals surface area contributed by atoms with Gasteiger partial charge in [0.15, 0.2) is 0 Å². The predicted molar refractivity (Wildman–Crippen MR) is 63.7 cm³/mol. The van der Waals surface area contributed by atoms with E-state index in [9.17, 15) is 0 Å². The van der Waals surface area contributed by atoms with Crippen LogP contribution in [0.4, 0.5) is 0 Å². The van der Waals surface area contributed by atoms with Gasteiger partial charge in [-0.25, -0.2) is 4.98 Å². The molecular formula is C13H13N3. The maximum absolute atomic E-state index is 5.31. The van der Waals surface area contributed by atoms with Crippen molar-refractivity contribution in [3.05, 3.63) is 54.1 Å². The maximum Gasteiger partial charge on any atom is 0.0949 e. The number of hydrogen-bond donors (Lipinski definition) is 1. The van der Waals surface area contributed by atoms with Crippen molar-refractivity contribution in [1.29, 1.82) is 0 Å². The van der Waals surface area contributed by atoms with Crippen LogP contribution in [0.25, 0.3) is 0 Å². The van der Waals surface area contributed by atoms with Crippen molar-refractivity contribution in [2.45, 2.75) is 6.54 Å². The zero-order valence-electron chi connectivity index (χ0n) is 8.93. The lowest BCUT2D eigenvalue weighted by molar-refractivity contribution is 0.797. The van der Waals surface area contributed by atoms with Crippen molar-refractivity contribution in [3.8, 4) is 11.8 Å². The van der Waals surface area contributed by atoms with Gasteiger partial charge < -0.3 is 10.3 Å². The summed E-state index contributed by atoms with van der Waals surface area (Å²) in [5.74, 6) is 5.83. The van der Waals surface area contributed by atoms with Crippen LogP contribution in [-0.2, 0) is 6.54 Å². The molecule has 2 rings (SSSR count). The van der Waals surface area contributed by atoms with Gasteiger partial charge >= 0.3 is 0 Å². The van der Waals surface area contributed by atoms with Gasteiger partial charge in [-0.15, -0.1) is 0 Å². The van der Waals surface area contributed by atoms with Crippen LogP contribution < -0.4 is 5.73 Å². The van der Waals surface area contributed by atoms with E-state index in [0.717, 1.165) is 12.1 Å². The third kappa shape index (κ3) is 2.72. The summed E-state index contributed by atoms with van der Waals surface area (Å²) in [6, 6.07) is 8.16. The van der Waals surface area contributed by atoms with Crippen molar-refractivity contribution in [2.24, 2.45) is 5.73 Å². The van der Waals surface area contributed by atoms with Crippen molar-refractivity contribution in [2.75, 3.05) is 6.54 Å². The lowest BCUT2D eigenvalue weighted by Crippen LogP contribution is -1.96. The monoisotopic (exact) mass is 211 g/mol. The van der Waals surface area contributed by atoms with E-state index < -0.39 is 0 Å². The van der Waals surface area contributed by atoms with E-state index in [4.69, 9.17) is 5.73 Å². The lowest BCUT2D eigenvalue weighted by atomic mass is 10.1. The molecule has 0 fully saturated rings. The minimum Gasteiger partial charge on any atom is -0.333 e. The molecule has 0 saturated heterocycles. The van der Waals surface area contributed by atoms with Crippen LogP contribution in [0, 0.1) is 11.8 Å². The molecule has 0 saturated carbocycles. The summed E-state index contributed by atoms with van der Waals surface area (Å²) in [6.07, 6.45) is 5.53. The van der Waals surface area contributed by atoms with Gasteiger partial charge in [-0.3, -0.25) is 0 Å². The number of nitrogens with two attached hydrogens (primary N) is 1. The average Bonchev–Trinajstić information content (AvgIpc) is 2.81. The van der Waals surface area contributed by atoms with Gasteiger partial charge in [0.2, 0.25) is 0 Å². The molecule has 2 aromatic rings. The highest BCUT2D eigenvalue weighted by Crippen LogP contribution is 2.05. The van der Waals surface area contributed by atoms with Gasteiger partial charge in [-0.05, 0) is 17.7 Å². The first kappa shape index (κ1) is 10.5. The zero-order valence-corrected chi connectivity index (χ0v) is 8.93. The van der Waals surface area contributed by atoms with E-state index in [2.05, 4.69) is 29.0 Å². The molecule has 1 aromatic heterocycles. The average molecular weight is 211 g/mol. The first-order valence-electron chi connectivity index (χ1n) is 5.12. The van der Waals surface area contributed by atoms with E-state index >= 15 is 0 Å². The van der Waals surface area contributed by atoms with Crippen LogP contribution in [0.15, 0.2) is 43.0 Å². The first-order valence-corrected chi connectivity index (χ1v) is 5.12. The third-order valence-corrected chi connectivity index (χ3v) is 2.21.